The molecule has 4 nitrogen and oxygen atoms in total. The zero-order valence-corrected chi connectivity index (χ0v) is 13.8. The summed E-state index contributed by atoms with van der Waals surface area (Å²) in [6.07, 6.45) is 1.84. The van der Waals surface area contributed by atoms with Crippen molar-refractivity contribution in [2.75, 3.05) is 31.6 Å². The molecular formula is C14H24N2O2S2. The molecule has 0 amide bonds. The molecule has 0 radical (unpaired) electrons. The van der Waals surface area contributed by atoms with E-state index in [0.29, 0.717) is 17.5 Å². The zero-order chi connectivity index (χ0) is 14.6. The summed E-state index contributed by atoms with van der Waals surface area (Å²) in [6.45, 7) is 4.04. The van der Waals surface area contributed by atoms with E-state index < -0.39 is 9.84 Å². The fourth-order valence-corrected chi connectivity index (χ4v) is 5.03. The second kappa shape index (κ2) is 7.02. The average Bonchev–Trinajstić information content (AvgIpc) is 2.99. The van der Waals surface area contributed by atoms with Crippen LogP contribution in [0.3, 0.4) is 0 Å². The van der Waals surface area contributed by atoms with Gasteiger partial charge in [0.25, 0.3) is 0 Å². The highest BCUT2D eigenvalue weighted by Crippen LogP contribution is 2.13. The molecule has 6 heteroatoms. The molecule has 0 aromatic carbocycles. The molecule has 1 aromatic rings. The molecule has 1 aliphatic rings. The van der Waals surface area contributed by atoms with Gasteiger partial charge in [0.2, 0.25) is 0 Å². The lowest BCUT2D eigenvalue weighted by molar-refractivity contribution is 0.254. The second-order valence-corrected chi connectivity index (χ2v) is 8.93. The van der Waals surface area contributed by atoms with Gasteiger partial charge in [-0.3, -0.25) is 0 Å². The standard InChI is InChI=1S/C14H24N2O2S2/c1-12(10-14-4-3-8-19-14)16(2)7-6-15-13-5-9-20(17,18)11-13/h3-4,8,12-13,15H,5-7,9-11H2,1-2H3. The van der Waals surface area contributed by atoms with Gasteiger partial charge in [0.1, 0.15) is 0 Å². The van der Waals surface area contributed by atoms with Crippen LogP contribution in [0.4, 0.5) is 0 Å². The van der Waals surface area contributed by atoms with Gasteiger partial charge in [-0.25, -0.2) is 8.42 Å². The Labute approximate surface area is 126 Å². The number of nitrogens with one attached hydrogen (secondary N) is 1. The number of sulfone groups is 1. The fraction of sp³-hybridized carbons (Fsp3) is 0.714. The molecule has 2 heterocycles. The van der Waals surface area contributed by atoms with Crippen LogP contribution < -0.4 is 5.32 Å². The van der Waals surface area contributed by atoms with E-state index in [2.05, 4.69) is 41.7 Å². The van der Waals surface area contributed by atoms with E-state index in [9.17, 15) is 8.42 Å². The van der Waals surface area contributed by atoms with E-state index in [-0.39, 0.29) is 6.04 Å². The minimum Gasteiger partial charge on any atom is -0.312 e. The SMILES string of the molecule is CC(Cc1cccs1)N(C)CCNC1CCS(=O)(=O)C1. The Bertz CT molecular complexity index is 499. The molecule has 1 aliphatic heterocycles. The van der Waals surface area contributed by atoms with Crippen LogP contribution in [0.2, 0.25) is 0 Å². The maximum Gasteiger partial charge on any atom is 0.151 e. The summed E-state index contributed by atoms with van der Waals surface area (Å²) in [7, 11) is -0.641. The molecule has 2 rings (SSSR count). The Hall–Kier alpha value is -0.430. The van der Waals surface area contributed by atoms with E-state index in [0.717, 1.165) is 25.9 Å². The van der Waals surface area contributed by atoms with Crippen LogP contribution in [0.15, 0.2) is 17.5 Å². The summed E-state index contributed by atoms with van der Waals surface area (Å²) in [5, 5.41) is 5.48. The highest BCUT2D eigenvalue weighted by atomic mass is 32.2. The lowest BCUT2D eigenvalue weighted by Gasteiger charge is -2.25. The largest absolute Gasteiger partial charge is 0.312 e. The smallest absolute Gasteiger partial charge is 0.151 e. The monoisotopic (exact) mass is 316 g/mol. The summed E-state index contributed by atoms with van der Waals surface area (Å²) >= 11 is 1.80. The van der Waals surface area contributed by atoms with Crippen molar-refractivity contribution in [2.45, 2.75) is 31.8 Å². The number of thiophene rings is 1. The summed E-state index contributed by atoms with van der Waals surface area (Å²) in [5.41, 5.74) is 0. The van der Waals surface area contributed by atoms with Crippen LogP contribution in [0.25, 0.3) is 0 Å². The van der Waals surface area contributed by atoms with Crippen LogP contribution in [-0.2, 0) is 16.3 Å². The number of hydrogen-bond donors (Lipinski definition) is 1. The van der Waals surface area contributed by atoms with Gasteiger partial charge >= 0.3 is 0 Å². The highest BCUT2D eigenvalue weighted by Gasteiger charge is 2.27. The van der Waals surface area contributed by atoms with Gasteiger partial charge in [0.05, 0.1) is 11.5 Å². The van der Waals surface area contributed by atoms with Gasteiger partial charge < -0.3 is 10.2 Å². The Balaban J connectivity index is 1.66. The van der Waals surface area contributed by atoms with E-state index >= 15 is 0 Å². The number of likely N-dealkylation sites (N-methyl/N-ethyl adjacent to an activating group) is 1. The average molecular weight is 316 g/mol. The van der Waals surface area contributed by atoms with Gasteiger partial charge in [0, 0.05) is 30.1 Å². The van der Waals surface area contributed by atoms with Crippen molar-refractivity contribution in [1.29, 1.82) is 0 Å². The van der Waals surface area contributed by atoms with Crippen LogP contribution in [0.5, 0.6) is 0 Å². The summed E-state index contributed by atoms with van der Waals surface area (Å²) in [4.78, 5) is 3.75. The van der Waals surface area contributed by atoms with Crippen molar-refractivity contribution in [1.82, 2.24) is 10.2 Å². The zero-order valence-electron chi connectivity index (χ0n) is 12.2. The lowest BCUT2D eigenvalue weighted by atomic mass is 10.2. The van der Waals surface area contributed by atoms with Crippen molar-refractivity contribution in [3.63, 3.8) is 0 Å². The van der Waals surface area contributed by atoms with E-state index in [4.69, 9.17) is 0 Å². The van der Waals surface area contributed by atoms with Gasteiger partial charge in [-0.1, -0.05) is 6.07 Å². The van der Waals surface area contributed by atoms with E-state index in [1.807, 2.05) is 0 Å². The first-order chi connectivity index (χ1) is 9.46. The summed E-state index contributed by atoms with van der Waals surface area (Å²) in [5.74, 6) is 0.650. The van der Waals surface area contributed by atoms with Gasteiger partial charge in [0.15, 0.2) is 9.84 Å². The third kappa shape index (κ3) is 4.84. The quantitative estimate of drug-likeness (QED) is 0.826. The predicted molar refractivity (Wildman–Crippen MR) is 85.2 cm³/mol. The van der Waals surface area contributed by atoms with Crippen LogP contribution in [0, 0.1) is 0 Å². The molecule has 1 saturated heterocycles. The Kier molecular flexibility index (Phi) is 5.60. The molecule has 0 spiro atoms. The fourth-order valence-electron chi connectivity index (χ4n) is 2.50. The molecule has 20 heavy (non-hydrogen) atoms. The van der Waals surface area contributed by atoms with E-state index in [1.54, 1.807) is 11.3 Å². The molecule has 1 fully saturated rings. The molecule has 0 saturated carbocycles. The van der Waals surface area contributed by atoms with Crippen molar-refractivity contribution >= 4 is 21.2 Å². The second-order valence-electron chi connectivity index (χ2n) is 5.67. The Morgan fingerprint density at radius 2 is 2.35 bits per heavy atom. The maximum atomic E-state index is 11.4. The van der Waals surface area contributed by atoms with Crippen LogP contribution in [0.1, 0.15) is 18.2 Å². The van der Waals surface area contributed by atoms with E-state index in [1.165, 1.54) is 4.88 Å². The molecule has 2 unspecified atom stereocenters. The molecule has 0 bridgehead atoms. The molecule has 0 aliphatic carbocycles. The van der Waals surface area contributed by atoms with Crippen LogP contribution >= 0.6 is 11.3 Å². The normalized spacial score (nSPS) is 23.2. The van der Waals surface area contributed by atoms with Crippen molar-refractivity contribution in [3.05, 3.63) is 22.4 Å². The van der Waals surface area contributed by atoms with Gasteiger partial charge in [-0.05, 0) is 38.3 Å². The lowest BCUT2D eigenvalue weighted by Crippen LogP contribution is -2.40. The molecule has 1 N–H and O–H groups in total. The first kappa shape index (κ1) is 15.9. The van der Waals surface area contributed by atoms with Crippen LogP contribution in [-0.4, -0.2) is 57.0 Å². The highest BCUT2D eigenvalue weighted by molar-refractivity contribution is 7.91. The first-order valence-corrected chi connectivity index (χ1v) is 9.83. The summed E-state index contributed by atoms with van der Waals surface area (Å²) in [6, 6.07) is 4.93. The number of rotatable bonds is 7. The number of hydrogen-bond acceptors (Lipinski definition) is 5. The Morgan fingerprint density at radius 1 is 1.55 bits per heavy atom. The van der Waals surface area contributed by atoms with Gasteiger partial charge in [-0.2, -0.15) is 0 Å². The van der Waals surface area contributed by atoms with Gasteiger partial charge in [-0.15, -0.1) is 11.3 Å². The van der Waals surface area contributed by atoms with Crippen molar-refractivity contribution in [2.24, 2.45) is 0 Å². The first-order valence-electron chi connectivity index (χ1n) is 7.13. The molecule has 2 atom stereocenters. The predicted octanol–water partition coefficient (Wildman–Crippen LogP) is 1.39. The topological polar surface area (TPSA) is 49.4 Å². The third-order valence-electron chi connectivity index (χ3n) is 3.96. The minimum absolute atomic E-state index is 0.154. The summed E-state index contributed by atoms with van der Waals surface area (Å²) < 4.78 is 22.7. The Morgan fingerprint density at radius 3 is 2.95 bits per heavy atom. The molecule has 1 aromatic heterocycles. The van der Waals surface area contributed by atoms with Crippen molar-refractivity contribution in [3.8, 4) is 0 Å². The molecular weight excluding hydrogens is 292 g/mol. The molecule has 114 valence electrons. The van der Waals surface area contributed by atoms with Crippen molar-refractivity contribution < 1.29 is 8.42 Å². The maximum absolute atomic E-state index is 11.4. The minimum atomic E-state index is -2.77. The number of nitrogens with zero attached hydrogens (tertiary/aromatic N) is 1. The third-order valence-corrected chi connectivity index (χ3v) is 6.63.